The zero-order chi connectivity index (χ0) is 44.3. The Morgan fingerprint density at radius 1 is 0.935 bits per heavy atom. The number of pyridine rings is 1. The molecule has 3 fully saturated rings. The number of aliphatic carboxylic acids is 1. The molecule has 1 saturated carbocycles. The molecule has 330 valence electrons. The van der Waals surface area contributed by atoms with Gasteiger partial charge < -0.3 is 20.4 Å². The van der Waals surface area contributed by atoms with E-state index in [1.54, 1.807) is 11.1 Å². The van der Waals surface area contributed by atoms with Crippen molar-refractivity contribution in [3.05, 3.63) is 83.6 Å². The highest BCUT2D eigenvalue weighted by Crippen LogP contribution is 2.34. The highest BCUT2D eigenvalue weighted by atomic mass is 19.4. The molecule has 1 aliphatic carbocycles. The third-order valence-corrected chi connectivity index (χ3v) is 11.4. The van der Waals surface area contributed by atoms with Crippen LogP contribution < -0.4 is 20.4 Å². The number of aromatic nitrogens is 4. The number of benzene rings is 2. The molecule has 3 aromatic heterocycles. The van der Waals surface area contributed by atoms with Crippen molar-refractivity contribution < 1.29 is 55.7 Å². The number of piperazine rings is 1. The largest absolute Gasteiger partial charge is 0.503 e. The van der Waals surface area contributed by atoms with Crippen LogP contribution >= 0.6 is 0 Å². The van der Waals surface area contributed by atoms with E-state index >= 15 is 0 Å². The molecule has 5 heterocycles. The maximum atomic E-state index is 14.1. The van der Waals surface area contributed by atoms with E-state index in [0.29, 0.717) is 18.4 Å². The van der Waals surface area contributed by atoms with Crippen LogP contribution in [0, 0.1) is 23.4 Å². The Hall–Kier alpha value is -6.38. The molecule has 21 heteroatoms. The molecule has 0 bridgehead atoms. The van der Waals surface area contributed by atoms with E-state index in [1.807, 2.05) is 15.3 Å². The highest BCUT2D eigenvalue weighted by molar-refractivity contribution is 6.05. The first-order valence-corrected chi connectivity index (χ1v) is 20.0. The summed E-state index contributed by atoms with van der Waals surface area (Å²) >= 11 is 0. The molecule has 0 radical (unpaired) electrons. The van der Waals surface area contributed by atoms with Gasteiger partial charge in [-0.15, -0.1) is 0 Å². The molecule has 2 aromatic carbocycles. The van der Waals surface area contributed by atoms with Crippen LogP contribution in [0.3, 0.4) is 0 Å². The Kier molecular flexibility index (Phi) is 12.9. The summed E-state index contributed by atoms with van der Waals surface area (Å²) in [5.74, 6) is -9.34. The second-order valence-electron chi connectivity index (χ2n) is 15.5. The number of imidazole rings is 1. The number of halogens is 6. The Bertz CT molecular complexity index is 2480. The molecule has 0 spiro atoms. The van der Waals surface area contributed by atoms with Gasteiger partial charge >= 0.3 is 18.2 Å². The first-order chi connectivity index (χ1) is 29.5. The predicted molar refractivity (Wildman–Crippen MR) is 212 cm³/mol. The van der Waals surface area contributed by atoms with Gasteiger partial charge in [0.2, 0.25) is 11.7 Å². The summed E-state index contributed by atoms with van der Waals surface area (Å²) in [6.45, 7) is 5.37. The monoisotopic (exact) mass is 871 g/mol. The van der Waals surface area contributed by atoms with Crippen molar-refractivity contribution in [1.82, 2.24) is 34.7 Å². The van der Waals surface area contributed by atoms with Crippen molar-refractivity contribution in [2.75, 3.05) is 55.6 Å². The maximum Gasteiger partial charge on any atom is 0.490 e. The number of carbonyl (C=O) groups is 4. The van der Waals surface area contributed by atoms with Gasteiger partial charge in [0.25, 0.3) is 5.91 Å². The number of alkyl halides is 3. The van der Waals surface area contributed by atoms with Crippen molar-refractivity contribution in [2.24, 2.45) is 5.92 Å². The second kappa shape index (κ2) is 18.3. The Balaban J connectivity index is 0.000000762. The molecule has 15 nitrogen and oxygen atoms in total. The van der Waals surface area contributed by atoms with Gasteiger partial charge in [0.15, 0.2) is 17.4 Å². The summed E-state index contributed by atoms with van der Waals surface area (Å²) in [5.41, 5.74) is 3.29. The SMILES string of the molecule is O=C(O)C(F)(F)F.O=C1CCN(c2cnc3cc(CCCN4CCN(c5ccc6cn(C7CCC(CNC(=O)c8cc(F)c(O)c(F)c8F)CC7)nc6c5)CC4)ccn23)C(=O)N1. The first-order valence-electron chi connectivity index (χ1n) is 20.0. The predicted octanol–water partition coefficient (Wildman–Crippen LogP) is 5.80. The minimum Gasteiger partial charge on any atom is -0.503 e. The van der Waals surface area contributed by atoms with Crippen molar-refractivity contribution in [3.8, 4) is 5.75 Å². The maximum absolute atomic E-state index is 14.1. The topological polar surface area (TPSA) is 178 Å². The molecule has 0 unspecified atom stereocenters. The molecule has 4 N–H and O–H groups in total. The van der Waals surface area contributed by atoms with Crippen LogP contribution in [0.5, 0.6) is 5.75 Å². The average molecular weight is 872 g/mol. The quantitative estimate of drug-likeness (QED) is 0.0991. The average Bonchev–Trinajstić information content (AvgIpc) is 3.88. The fraction of sp³-hybridized carbons (Fsp3) is 0.415. The van der Waals surface area contributed by atoms with Crippen LogP contribution in [0.2, 0.25) is 0 Å². The number of imide groups is 1. The molecule has 4 amide bonds. The standard InChI is InChI=1S/C39H42F3N9O4.C2HF3O2/c40-30-20-29(35(41)36(42)37(30)53)38(54)44-21-25-3-6-27(7-4-25)51-23-26-5-8-28(19-31(26)46-51)48-16-14-47(15-17-48)11-1-2-24-9-12-49-32(18-24)43-22-34(49)50-13-10-33(52)45-39(50)55;3-2(4,5)1(6)7/h5,8-9,12,18-20,22-23,25,27,53H,1-4,6-7,10-11,13-17,21H2,(H,44,54)(H,45,52,55);(H,6,7). The van der Waals surface area contributed by atoms with Crippen LogP contribution in [0.25, 0.3) is 16.6 Å². The van der Waals surface area contributed by atoms with Crippen LogP contribution in [0.4, 0.5) is 42.6 Å². The van der Waals surface area contributed by atoms with E-state index in [9.17, 15) is 45.8 Å². The molecule has 2 saturated heterocycles. The van der Waals surface area contributed by atoms with Gasteiger partial charge in [0.1, 0.15) is 11.5 Å². The number of phenolic OH excluding ortho intramolecular Hbond substituents is 1. The number of carboxylic acids is 1. The minimum atomic E-state index is -5.08. The van der Waals surface area contributed by atoms with E-state index in [0.717, 1.165) is 93.5 Å². The lowest BCUT2D eigenvalue weighted by molar-refractivity contribution is -0.192. The Labute approximate surface area is 349 Å². The summed E-state index contributed by atoms with van der Waals surface area (Å²) < 4.78 is 77.2. The molecule has 5 aromatic rings. The van der Waals surface area contributed by atoms with Crippen LogP contribution in [0.15, 0.2) is 55.0 Å². The van der Waals surface area contributed by atoms with Crippen molar-refractivity contribution >= 4 is 51.9 Å². The van der Waals surface area contributed by atoms with E-state index < -0.39 is 52.8 Å². The number of aryl methyl sites for hydroxylation is 1. The molecule has 8 rings (SSSR count). The number of nitrogens with zero attached hydrogens (tertiary/aromatic N) is 7. The number of carboxylic acid groups (broad SMARTS) is 1. The minimum absolute atomic E-state index is 0.137. The first kappa shape index (κ1) is 43.7. The normalized spacial score (nSPS) is 18.7. The number of urea groups is 1. The smallest absolute Gasteiger partial charge is 0.490 e. The zero-order valence-electron chi connectivity index (χ0n) is 33.2. The van der Waals surface area contributed by atoms with Crippen LogP contribution in [-0.4, -0.2) is 110 Å². The summed E-state index contributed by atoms with van der Waals surface area (Å²) in [6.07, 6.45) is 6.12. The van der Waals surface area contributed by atoms with Crippen LogP contribution in [0.1, 0.15) is 60.5 Å². The fourth-order valence-corrected chi connectivity index (χ4v) is 7.99. The number of anilines is 2. The van der Waals surface area contributed by atoms with Gasteiger partial charge in [0.05, 0.1) is 23.3 Å². The number of carbonyl (C=O) groups excluding carboxylic acids is 3. The number of rotatable bonds is 10. The summed E-state index contributed by atoms with van der Waals surface area (Å²) in [5, 5.41) is 27.3. The number of hydrogen-bond donors (Lipinski definition) is 4. The molecule has 62 heavy (non-hydrogen) atoms. The van der Waals surface area contributed by atoms with E-state index in [2.05, 4.69) is 61.9 Å². The third-order valence-electron chi connectivity index (χ3n) is 11.4. The molecule has 3 aliphatic rings. The second-order valence-corrected chi connectivity index (χ2v) is 15.5. The number of aromatic hydroxyl groups is 1. The van der Waals surface area contributed by atoms with Gasteiger partial charge in [-0.1, -0.05) is 0 Å². The van der Waals surface area contributed by atoms with Crippen molar-refractivity contribution in [1.29, 1.82) is 0 Å². The lowest BCUT2D eigenvalue weighted by Crippen LogP contribution is -2.50. The van der Waals surface area contributed by atoms with Gasteiger partial charge in [-0.25, -0.2) is 23.4 Å². The lowest BCUT2D eigenvalue weighted by Gasteiger charge is -2.36. The third kappa shape index (κ3) is 9.87. The number of amides is 4. The Morgan fingerprint density at radius 3 is 2.35 bits per heavy atom. The van der Waals surface area contributed by atoms with Gasteiger partial charge in [-0.2, -0.15) is 22.7 Å². The highest BCUT2D eigenvalue weighted by Gasteiger charge is 2.38. The number of hydrogen-bond acceptors (Lipinski definition) is 9. The van der Waals surface area contributed by atoms with E-state index in [4.69, 9.17) is 15.0 Å². The molecular formula is C41H43F6N9O6. The van der Waals surface area contributed by atoms with E-state index in [-0.39, 0.29) is 30.8 Å². The molecule has 0 atom stereocenters. The van der Waals surface area contributed by atoms with Gasteiger partial charge in [-0.3, -0.25) is 33.8 Å². The summed E-state index contributed by atoms with van der Waals surface area (Å²) in [7, 11) is 0. The summed E-state index contributed by atoms with van der Waals surface area (Å²) in [6, 6.07) is 10.8. The van der Waals surface area contributed by atoms with Gasteiger partial charge in [-0.05, 0) is 92.9 Å². The molecule has 2 aliphatic heterocycles. The van der Waals surface area contributed by atoms with Gasteiger partial charge in [0, 0.05) is 69.2 Å². The van der Waals surface area contributed by atoms with Crippen molar-refractivity contribution in [2.45, 2.75) is 57.2 Å². The Morgan fingerprint density at radius 2 is 1.66 bits per heavy atom. The van der Waals surface area contributed by atoms with E-state index in [1.165, 1.54) is 5.56 Å². The molecular weight excluding hydrogens is 828 g/mol. The number of fused-ring (bicyclic) bond motifs is 2. The number of nitrogens with one attached hydrogen (secondary N) is 2. The summed E-state index contributed by atoms with van der Waals surface area (Å²) in [4.78, 5) is 56.1. The fourth-order valence-electron chi connectivity index (χ4n) is 7.99. The van der Waals surface area contributed by atoms with Crippen molar-refractivity contribution in [3.63, 3.8) is 0 Å². The zero-order valence-corrected chi connectivity index (χ0v) is 33.2. The lowest BCUT2D eigenvalue weighted by atomic mass is 9.86. The van der Waals surface area contributed by atoms with Crippen LogP contribution in [-0.2, 0) is 16.0 Å². The number of phenols is 1.